The fraction of sp³-hybridized carbons (Fsp3) is 0.667. The van der Waals surface area contributed by atoms with Crippen molar-refractivity contribution in [3.05, 3.63) is 16.4 Å². The van der Waals surface area contributed by atoms with Gasteiger partial charge in [-0.1, -0.05) is 0 Å². The maximum Gasteiger partial charge on any atom is 0.406 e. The highest BCUT2D eigenvalue weighted by Crippen LogP contribution is 2.29. The van der Waals surface area contributed by atoms with E-state index in [-0.39, 0.29) is 18.3 Å². The molecule has 1 aromatic rings. The molecule has 1 aliphatic heterocycles. The molecule has 2 N–H and O–H groups in total. The summed E-state index contributed by atoms with van der Waals surface area (Å²) in [7, 11) is 1.74. The van der Waals surface area contributed by atoms with Crippen molar-refractivity contribution in [3.63, 3.8) is 0 Å². The van der Waals surface area contributed by atoms with Crippen molar-refractivity contribution < 1.29 is 14.8 Å². The molecule has 0 bridgehead atoms. The minimum Gasteiger partial charge on any atom is -0.480 e. The van der Waals surface area contributed by atoms with Crippen LogP contribution in [0.5, 0.6) is 0 Å². The molecule has 1 aliphatic rings. The lowest BCUT2D eigenvalue weighted by Crippen LogP contribution is -2.41. The third-order valence-corrected chi connectivity index (χ3v) is 3.59. The molecule has 1 unspecified atom stereocenters. The quantitative estimate of drug-likeness (QED) is 0.570. The molecule has 21 heavy (non-hydrogen) atoms. The van der Waals surface area contributed by atoms with Crippen LogP contribution in [0.2, 0.25) is 0 Å². The summed E-state index contributed by atoms with van der Waals surface area (Å²) >= 11 is 0. The standard InChI is InChI=1S/C12H19N5O4/c1-15-8-14-11(17(20)21)12(15)16-4-2-3-9(7-16)5-13-6-10(18)19/h8-9,13H,2-7H2,1H3,(H,18,19). The summed E-state index contributed by atoms with van der Waals surface area (Å²) in [6, 6.07) is 0. The van der Waals surface area contributed by atoms with E-state index in [1.807, 2.05) is 4.90 Å². The maximum absolute atomic E-state index is 11.0. The molecule has 9 nitrogen and oxygen atoms in total. The van der Waals surface area contributed by atoms with Crippen LogP contribution in [0.15, 0.2) is 6.33 Å². The first-order valence-electron chi connectivity index (χ1n) is 6.82. The van der Waals surface area contributed by atoms with Crippen molar-refractivity contribution in [3.8, 4) is 0 Å². The van der Waals surface area contributed by atoms with Crippen LogP contribution in [0.25, 0.3) is 0 Å². The number of rotatable bonds is 6. The summed E-state index contributed by atoms with van der Waals surface area (Å²) in [5.41, 5.74) is 0. The summed E-state index contributed by atoms with van der Waals surface area (Å²) in [6.45, 7) is 1.93. The molecule has 9 heteroatoms. The number of carboxylic acid groups (broad SMARTS) is 1. The van der Waals surface area contributed by atoms with Gasteiger partial charge in [-0.25, -0.2) is 0 Å². The number of nitrogens with zero attached hydrogens (tertiary/aromatic N) is 4. The van der Waals surface area contributed by atoms with Crippen LogP contribution in [0, 0.1) is 16.0 Å². The monoisotopic (exact) mass is 297 g/mol. The van der Waals surface area contributed by atoms with Gasteiger partial charge in [0, 0.05) is 26.7 Å². The predicted molar refractivity (Wildman–Crippen MR) is 75.3 cm³/mol. The van der Waals surface area contributed by atoms with E-state index in [0.717, 1.165) is 19.4 Å². The summed E-state index contributed by atoms with van der Waals surface area (Å²) in [5.74, 6) is -0.225. The molecule has 0 radical (unpaired) electrons. The number of carbonyl (C=O) groups is 1. The van der Waals surface area contributed by atoms with Crippen molar-refractivity contribution in [1.82, 2.24) is 14.9 Å². The minimum absolute atomic E-state index is 0.0671. The highest BCUT2D eigenvalue weighted by Gasteiger charge is 2.29. The highest BCUT2D eigenvalue weighted by atomic mass is 16.6. The van der Waals surface area contributed by atoms with Crippen molar-refractivity contribution >= 4 is 17.6 Å². The second kappa shape index (κ2) is 6.53. The Morgan fingerprint density at radius 1 is 1.67 bits per heavy atom. The zero-order valence-electron chi connectivity index (χ0n) is 11.9. The Balaban J connectivity index is 2.02. The molecule has 0 aromatic carbocycles. The Labute approximate surface area is 121 Å². The van der Waals surface area contributed by atoms with Crippen LogP contribution in [-0.2, 0) is 11.8 Å². The molecular formula is C12H19N5O4. The molecular weight excluding hydrogens is 278 g/mol. The van der Waals surface area contributed by atoms with E-state index in [2.05, 4.69) is 10.3 Å². The zero-order chi connectivity index (χ0) is 15.4. The number of carboxylic acids is 1. The summed E-state index contributed by atoms with van der Waals surface area (Å²) in [5, 5.41) is 22.5. The van der Waals surface area contributed by atoms with Gasteiger partial charge in [-0.05, 0) is 28.7 Å². The van der Waals surface area contributed by atoms with Gasteiger partial charge in [-0.2, -0.15) is 0 Å². The lowest BCUT2D eigenvalue weighted by Gasteiger charge is -2.33. The van der Waals surface area contributed by atoms with Crippen LogP contribution in [0.3, 0.4) is 0 Å². The van der Waals surface area contributed by atoms with Crippen molar-refractivity contribution in [2.24, 2.45) is 13.0 Å². The second-order valence-corrected chi connectivity index (χ2v) is 5.24. The predicted octanol–water partition coefficient (Wildman–Crippen LogP) is 0.219. The number of nitro groups is 1. The molecule has 2 heterocycles. The lowest BCUT2D eigenvalue weighted by molar-refractivity contribution is -0.388. The van der Waals surface area contributed by atoms with Crippen LogP contribution in [-0.4, -0.2) is 51.7 Å². The number of aromatic nitrogens is 2. The first kappa shape index (κ1) is 15.2. The van der Waals surface area contributed by atoms with Crippen LogP contribution < -0.4 is 10.2 Å². The summed E-state index contributed by atoms with van der Waals surface area (Å²) in [6.07, 6.45) is 3.34. The largest absolute Gasteiger partial charge is 0.480 e. The van der Waals surface area contributed by atoms with E-state index in [1.54, 1.807) is 11.6 Å². The average molecular weight is 297 g/mol. The number of hydrogen-bond donors (Lipinski definition) is 2. The van der Waals surface area contributed by atoms with Crippen LogP contribution in [0.4, 0.5) is 11.6 Å². The number of imidazole rings is 1. The minimum atomic E-state index is -0.884. The van der Waals surface area contributed by atoms with E-state index in [4.69, 9.17) is 5.11 Å². The molecule has 0 amide bonds. The fourth-order valence-corrected chi connectivity index (χ4v) is 2.71. The molecule has 0 aliphatic carbocycles. The van der Waals surface area contributed by atoms with E-state index in [0.29, 0.717) is 18.9 Å². The SMILES string of the molecule is Cn1cnc([N+](=O)[O-])c1N1CCCC(CNCC(=O)O)C1. The van der Waals surface area contributed by atoms with E-state index >= 15 is 0 Å². The Hall–Kier alpha value is -2.16. The normalized spacial score (nSPS) is 18.7. The van der Waals surface area contributed by atoms with Crippen molar-refractivity contribution in [2.45, 2.75) is 12.8 Å². The van der Waals surface area contributed by atoms with Crippen LogP contribution >= 0.6 is 0 Å². The topological polar surface area (TPSA) is 114 Å². The number of anilines is 1. The molecule has 1 aromatic heterocycles. The molecule has 2 rings (SSSR count). The molecule has 0 spiro atoms. The van der Waals surface area contributed by atoms with Crippen molar-refractivity contribution in [1.29, 1.82) is 0 Å². The Bertz CT molecular complexity index is 530. The summed E-state index contributed by atoms with van der Waals surface area (Å²) < 4.78 is 1.66. The fourth-order valence-electron chi connectivity index (χ4n) is 2.71. The molecule has 116 valence electrons. The van der Waals surface area contributed by atoms with Gasteiger partial charge in [0.25, 0.3) is 0 Å². The zero-order valence-corrected chi connectivity index (χ0v) is 11.9. The van der Waals surface area contributed by atoms with E-state index in [9.17, 15) is 14.9 Å². The highest BCUT2D eigenvalue weighted by molar-refractivity contribution is 5.69. The number of hydrogen-bond acceptors (Lipinski definition) is 6. The van der Waals surface area contributed by atoms with Gasteiger partial charge in [0.2, 0.25) is 12.1 Å². The van der Waals surface area contributed by atoms with Gasteiger partial charge in [0.1, 0.15) is 0 Å². The Morgan fingerprint density at radius 2 is 2.43 bits per heavy atom. The van der Waals surface area contributed by atoms with Gasteiger partial charge in [-0.3, -0.25) is 9.36 Å². The average Bonchev–Trinajstić information content (AvgIpc) is 2.81. The van der Waals surface area contributed by atoms with Crippen molar-refractivity contribution in [2.75, 3.05) is 31.1 Å². The third-order valence-electron chi connectivity index (χ3n) is 3.59. The molecule has 0 saturated carbocycles. The van der Waals surface area contributed by atoms with Gasteiger partial charge in [-0.15, -0.1) is 0 Å². The van der Waals surface area contributed by atoms with Gasteiger partial charge in [0.15, 0.2) is 0 Å². The smallest absolute Gasteiger partial charge is 0.406 e. The lowest BCUT2D eigenvalue weighted by atomic mass is 9.98. The number of nitrogens with one attached hydrogen (secondary N) is 1. The first-order valence-corrected chi connectivity index (χ1v) is 6.82. The van der Waals surface area contributed by atoms with E-state index < -0.39 is 10.9 Å². The first-order chi connectivity index (χ1) is 9.99. The molecule has 1 saturated heterocycles. The number of piperidine rings is 1. The third kappa shape index (κ3) is 3.69. The Morgan fingerprint density at radius 3 is 3.10 bits per heavy atom. The summed E-state index contributed by atoms with van der Waals surface area (Å²) in [4.78, 5) is 26.8. The van der Waals surface area contributed by atoms with E-state index in [1.165, 1.54) is 6.33 Å². The molecule has 1 atom stereocenters. The number of aryl methyl sites for hydroxylation is 1. The Kier molecular flexibility index (Phi) is 4.73. The van der Waals surface area contributed by atoms with Gasteiger partial charge >= 0.3 is 11.8 Å². The molecule has 1 fully saturated rings. The van der Waals surface area contributed by atoms with Gasteiger partial charge < -0.3 is 25.4 Å². The van der Waals surface area contributed by atoms with Crippen LogP contribution in [0.1, 0.15) is 12.8 Å². The second-order valence-electron chi connectivity index (χ2n) is 5.24. The number of aliphatic carboxylic acids is 1. The maximum atomic E-state index is 11.0. The van der Waals surface area contributed by atoms with Gasteiger partial charge in [0.05, 0.1) is 6.54 Å².